The Kier molecular flexibility index (Phi) is 5.65. The van der Waals surface area contributed by atoms with Gasteiger partial charge in [-0.2, -0.15) is 4.31 Å². The number of piperidine rings is 1. The van der Waals surface area contributed by atoms with Crippen molar-refractivity contribution in [1.29, 1.82) is 0 Å². The predicted octanol–water partition coefficient (Wildman–Crippen LogP) is 1.53. The molecule has 0 bridgehead atoms. The van der Waals surface area contributed by atoms with Crippen molar-refractivity contribution >= 4 is 10.0 Å². The summed E-state index contributed by atoms with van der Waals surface area (Å²) in [6.07, 6.45) is -0.125. The van der Waals surface area contributed by atoms with Gasteiger partial charge in [0, 0.05) is 26.4 Å². The Morgan fingerprint density at radius 1 is 1.50 bits per heavy atom. The fourth-order valence-corrected chi connectivity index (χ4v) is 3.87. The van der Waals surface area contributed by atoms with Crippen LogP contribution >= 0.6 is 0 Å². The Morgan fingerprint density at radius 2 is 2.27 bits per heavy atom. The van der Waals surface area contributed by atoms with Crippen LogP contribution in [0.2, 0.25) is 0 Å². The second kappa shape index (κ2) is 7.30. The number of aromatic nitrogens is 1. The standard InChI is InChI=1S/C13H18F2N2O4S/c1-20-10-4-3-7-17(8-10)22(18,19)11-5-2-6-16-13(11)21-9-12(14)15/h2,5-6,10,12H,3-4,7-9H2,1H3/t10-/m0/s1. The zero-order valence-electron chi connectivity index (χ0n) is 12.1. The molecular weight excluding hydrogens is 318 g/mol. The third-order valence-electron chi connectivity index (χ3n) is 3.37. The fourth-order valence-electron chi connectivity index (χ4n) is 2.28. The fraction of sp³-hybridized carbons (Fsp3) is 0.615. The Hall–Kier alpha value is -1.32. The van der Waals surface area contributed by atoms with E-state index in [1.807, 2.05) is 0 Å². The molecule has 0 saturated carbocycles. The number of alkyl halides is 2. The van der Waals surface area contributed by atoms with Crippen LogP contribution in [0.15, 0.2) is 23.2 Å². The van der Waals surface area contributed by atoms with Crippen molar-refractivity contribution in [3.63, 3.8) is 0 Å². The molecule has 2 heterocycles. The molecule has 0 aromatic carbocycles. The lowest BCUT2D eigenvalue weighted by Crippen LogP contribution is -2.42. The minimum atomic E-state index is -3.86. The molecule has 1 fully saturated rings. The van der Waals surface area contributed by atoms with Gasteiger partial charge in [0.2, 0.25) is 15.9 Å². The summed E-state index contributed by atoms with van der Waals surface area (Å²) in [5.74, 6) is -0.303. The largest absolute Gasteiger partial charge is 0.471 e. The highest BCUT2D eigenvalue weighted by Crippen LogP contribution is 2.27. The van der Waals surface area contributed by atoms with E-state index in [1.54, 1.807) is 0 Å². The van der Waals surface area contributed by atoms with Gasteiger partial charge in [-0.1, -0.05) is 0 Å². The maximum atomic E-state index is 12.7. The number of rotatable bonds is 6. The van der Waals surface area contributed by atoms with Crippen molar-refractivity contribution in [2.24, 2.45) is 0 Å². The second-order valence-electron chi connectivity index (χ2n) is 4.87. The van der Waals surface area contributed by atoms with Gasteiger partial charge < -0.3 is 9.47 Å². The third kappa shape index (κ3) is 3.90. The second-order valence-corrected chi connectivity index (χ2v) is 6.78. The van der Waals surface area contributed by atoms with Gasteiger partial charge in [0.1, 0.15) is 4.90 Å². The summed E-state index contributed by atoms with van der Waals surface area (Å²) in [4.78, 5) is 3.56. The highest BCUT2D eigenvalue weighted by atomic mass is 32.2. The zero-order chi connectivity index (χ0) is 16.2. The summed E-state index contributed by atoms with van der Waals surface area (Å²) in [6, 6.07) is 2.74. The average molecular weight is 336 g/mol. The van der Waals surface area contributed by atoms with Crippen LogP contribution < -0.4 is 4.74 Å². The molecular formula is C13H18F2N2O4S. The number of halogens is 2. The number of nitrogens with zero attached hydrogens (tertiary/aromatic N) is 2. The van der Waals surface area contributed by atoms with Gasteiger partial charge in [0.15, 0.2) is 6.61 Å². The van der Waals surface area contributed by atoms with Gasteiger partial charge in [-0.25, -0.2) is 22.2 Å². The lowest BCUT2D eigenvalue weighted by atomic mass is 10.1. The molecule has 0 unspecified atom stereocenters. The molecule has 1 saturated heterocycles. The monoisotopic (exact) mass is 336 g/mol. The highest BCUT2D eigenvalue weighted by Gasteiger charge is 2.33. The van der Waals surface area contributed by atoms with E-state index in [0.717, 1.165) is 6.42 Å². The summed E-state index contributed by atoms with van der Waals surface area (Å²) in [5.41, 5.74) is 0. The summed E-state index contributed by atoms with van der Waals surface area (Å²) in [7, 11) is -2.33. The van der Waals surface area contributed by atoms with Crippen molar-refractivity contribution in [2.45, 2.75) is 30.3 Å². The van der Waals surface area contributed by atoms with Gasteiger partial charge in [0.05, 0.1) is 6.10 Å². The molecule has 124 valence electrons. The first-order chi connectivity index (χ1) is 10.4. The molecule has 0 aliphatic carbocycles. The van der Waals surface area contributed by atoms with Crippen molar-refractivity contribution in [2.75, 3.05) is 26.8 Å². The van der Waals surface area contributed by atoms with Crippen molar-refractivity contribution in [1.82, 2.24) is 9.29 Å². The Bertz CT molecular complexity index is 597. The molecule has 22 heavy (non-hydrogen) atoms. The number of hydrogen-bond acceptors (Lipinski definition) is 5. The molecule has 2 rings (SSSR count). The molecule has 1 aromatic rings. The van der Waals surface area contributed by atoms with Crippen LogP contribution in [0.25, 0.3) is 0 Å². The minimum absolute atomic E-state index is 0.175. The van der Waals surface area contributed by atoms with E-state index in [-0.39, 0.29) is 23.4 Å². The number of ether oxygens (including phenoxy) is 2. The first kappa shape index (κ1) is 17.0. The number of pyridine rings is 1. The van der Waals surface area contributed by atoms with E-state index in [0.29, 0.717) is 13.0 Å². The van der Waals surface area contributed by atoms with Crippen LogP contribution in [0.4, 0.5) is 8.78 Å². The summed E-state index contributed by atoms with van der Waals surface area (Å²) < 4.78 is 61.2. The number of hydrogen-bond donors (Lipinski definition) is 0. The SMILES string of the molecule is CO[C@H]1CCCN(S(=O)(=O)c2cccnc2OCC(F)F)C1. The van der Waals surface area contributed by atoms with Gasteiger partial charge >= 0.3 is 0 Å². The van der Waals surface area contributed by atoms with E-state index in [2.05, 4.69) is 4.98 Å². The topological polar surface area (TPSA) is 68.7 Å². The highest BCUT2D eigenvalue weighted by molar-refractivity contribution is 7.89. The molecule has 0 radical (unpaired) electrons. The number of methoxy groups -OCH3 is 1. The van der Waals surface area contributed by atoms with E-state index >= 15 is 0 Å². The molecule has 6 nitrogen and oxygen atoms in total. The van der Waals surface area contributed by atoms with Crippen LogP contribution in [0.3, 0.4) is 0 Å². The number of sulfonamides is 1. The van der Waals surface area contributed by atoms with Gasteiger partial charge in [-0.15, -0.1) is 0 Å². The van der Waals surface area contributed by atoms with Gasteiger partial charge in [-0.3, -0.25) is 0 Å². The molecule has 0 spiro atoms. The maximum Gasteiger partial charge on any atom is 0.272 e. The van der Waals surface area contributed by atoms with Crippen molar-refractivity contribution < 1.29 is 26.7 Å². The van der Waals surface area contributed by atoms with Gasteiger partial charge in [-0.05, 0) is 25.0 Å². The Morgan fingerprint density at radius 3 is 2.95 bits per heavy atom. The van der Waals surface area contributed by atoms with E-state index < -0.39 is 23.1 Å². The zero-order valence-corrected chi connectivity index (χ0v) is 12.9. The first-order valence-electron chi connectivity index (χ1n) is 6.84. The smallest absolute Gasteiger partial charge is 0.272 e. The molecule has 1 aliphatic heterocycles. The van der Waals surface area contributed by atoms with E-state index in [1.165, 1.54) is 29.7 Å². The van der Waals surface area contributed by atoms with Crippen LogP contribution in [0.1, 0.15) is 12.8 Å². The molecule has 1 aliphatic rings. The van der Waals surface area contributed by atoms with E-state index in [4.69, 9.17) is 9.47 Å². The van der Waals surface area contributed by atoms with Crippen LogP contribution in [-0.4, -0.2) is 57.0 Å². The first-order valence-corrected chi connectivity index (χ1v) is 8.28. The third-order valence-corrected chi connectivity index (χ3v) is 5.25. The normalized spacial score (nSPS) is 20.3. The van der Waals surface area contributed by atoms with Crippen molar-refractivity contribution in [3.8, 4) is 5.88 Å². The van der Waals surface area contributed by atoms with Crippen LogP contribution in [0, 0.1) is 0 Å². The van der Waals surface area contributed by atoms with E-state index in [9.17, 15) is 17.2 Å². The minimum Gasteiger partial charge on any atom is -0.471 e. The molecule has 0 N–H and O–H groups in total. The predicted molar refractivity (Wildman–Crippen MR) is 74.5 cm³/mol. The van der Waals surface area contributed by atoms with Crippen LogP contribution in [0.5, 0.6) is 5.88 Å². The lowest BCUT2D eigenvalue weighted by Gasteiger charge is -2.31. The molecule has 0 amide bonds. The molecule has 1 atom stereocenters. The summed E-state index contributed by atoms with van der Waals surface area (Å²) >= 11 is 0. The average Bonchev–Trinajstić information content (AvgIpc) is 2.53. The van der Waals surface area contributed by atoms with Crippen LogP contribution in [-0.2, 0) is 14.8 Å². The Labute approximate surface area is 128 Å². The van der Waals surface area contributed by atoms with Crippen molar-refractivity contribution in [3.05, 3.63) is 18.3 Å². The Balaban J connectivity index is 2.25. The maximum absolute atomic E-state index is 12.7. The van der Waals surface area contributed by atoms with Gasteiger partial charge in [0.25, 0.3) is 6.43 Å². The molecule has 9 heteroatoms. The quantitative estimate of drug-likeness (QED) is 0.788. The summed E-state index contributed by atoms with van der Waals surface area (Å²) in [6.45, 7) is -0.326. The lowest BCUT2D eigenvalue weighted by molar-refractivity contribution is 0.0569. The summed E-state index contributed by atoms with van der Waals surface area (Å²) in [5, 5.41) is 0. The molecule has 1 aromatic heterocycles.